The van der Waals surface area contributed by atoms with Crippen molar-refractivity contribution in [2.24, 2.45) is 0 Å². The Labute approximate surface area is 159 Å². The van der Waals surface area contributed by atoms with Crippen LogP contribution >= 0.6 is 11.6 Å². The maximum absolute atomic E-state index is 14.0. The molecule has 2 aromatic heterocycles. The van der Waals surface area contributed by atoms with Crippen LogP contribution in [-0.2, 0) is 0 Å². The number of amides is 1. The fourth-order valence-corrected chi connectivity index (χ4v) is 3.20. The van der Waals surface area contributed by atoms with Gasteiger partial charge in [-0.2, -0.15) is 5.10 Å². The number of rotatable bonds is 3. The lowest BCUT2D eigenvalue weighted by molar-refractivity contribution is 0.0742. The summed E-state index contributed by atoms with van der Waals surface area (Å²) in [4.78, 5) is 28.7. The molecule has 0 radical (unpaired) electrons. The molecule has 0 bridgehead atoms. The second-order valence-electron chi connectivity index (χ2n) is 5.95. The SMILES string of the molecule is O=C(c1c(F)cccc1Cl)N1CCN(c2cc(-n3cncn3)ncn2)CC1. The van der Waals surface area contributed by atoms with Crippen molar-refractivity contribution < 1.29 is 9.18 Å². The lowest BCUT2D eigenvalue weighted by Gasteiger charge is -2.35. The number of carbonyl (C=O) groups excluding carboxylic acids is 1. The number of anilines is 1. The minimum Gasteiger partial charge on any atom is -0.353 e. The topological polar surface area (TPSA) is 80.0 Å². The third-order valence-electron chi connectivity index (χ3n) is 4.36. The van der Waals surface area contributed by atoms with Crippen molar-refractivity contribution in [1.29, 1.82) is 0 Å². The van der Waals surface area contributed by atoms with E-state index in [1.807, 2.05) is 4.90 Å². The first-order valence-electron chi connectivity index (χ1n) is 8.29. The number of hydrogen-bond acceptors (Lipinski definition) is 6. The maximum atomic E-state index is 14.0. The Morgan fingerprint density at radius 3 is 2.56 bits per heavy atom. The summed E-state index contributed by atoms with van der Waals surface area (Å²) in [6.45, 7) is 2.00. The van der Waals surface area contributed by atoms with Crippen LogP contribution in [0.5, 0.6) is 0 Å². The van der Waals surface area contributed by atoms with E-state index in [2.05, 4.69) is 20.1 Å². The molecule has 138 valence electrons. The summed E-state index contributed by atoms with van der Waals surface area (Å²) in [5.74, 6) is 0.326. The molecule has 3 aromatic rings. The highest BCUT2D eigenvalue weighted by atomic mass is 35.5. The van der Waals surface area contributed by atoms with E-state index < -0.39 is 11.7 Å². The first kappa shape index (κ1) is 17.3. The molecule has 4 rings (SSSR count). The number of piperazine rings is 1. The van der Waals surface area contributed by atoms with Gasteiger partial charge in [0.05, 0.1) is 10.6 Å². The van der Waals surface area contributed by atoms with Gasteiger partial charge in [-0.3, -0.25) is 4.79 Å². The Bertz CT molecular complexity index is 937. The van der Waals surface area contributed by atoms with Gasteiger partial charge in [0.2, 0.25) is 0 Å². The second kappa shape index (κ2) is 7.28. The van der Waals surface area contributed by atoms with Crippen molar-refractivity contribution in [2.45, 2.75) is 0 Å². The van der Waals surface area contributed by atoms with Crippen molar-refractivity contribution in [3.63, 3.8) is 0 Å². The van der Waals surface area contributed by atoms with Gasteiger partial charge in [-0.05, 0) is 12.1 Å². The predicted octanol–water partition coefficient (Wildman–Crippen LogP) is 1.81. The largest absolute Gasteiger partial charge is 0.353 e. The molecule has 1 aliphatic heterocycles. The quantitative estimate of drug-likeness (QED) is 0.682. The van der Waals surface area contributed by atoms with Gasteiger partial charge in [-0.1, -0.05) is 17.7 Å². The first-order chi connectivity index (χ1) is 13.1. The Kier molecular flexibility index (Phi) is 4.68. The van der Waals surface area contributed by atoms with Crippen LogP contribution in [-0.4, -0.2) is 61.7 Å². The van der Waals surface area contributed by atoms with Gasteiger partial charge >= 0.3 is 0 Å². The van der Waals surface area contributed by atoms with Crippen LogP contribution < -0.4 is 4.90 Å². The van der Waals surface area contributed by atoms with E-state index in [-0.39, 0.29) is 10.6 Å². The van der Waals surface area contributed by atoms with Crippen LogP contribution in [0.2, 0.25) is 5.02 Å². The van der Waals surface area contributed by atoms with Crippen LogP contribution in [0.1, 0.15) is 10.4 Å². The first-order valence-corrected chi connectivity index (χ1v) is 8.66. The van der Waals surface area contributed by atoms with Gasteiger partial charge in [-0.15, -0.1) is 0 Å². The number of halogens is 2. The van der Waals surface area contributed by atoms with Gasteiger partial charge in [0.15, 0.2) is 5.82 Å². The highest BCUT2D eigenvalue weighted by Gasteiger charge is 2.26. The summed E-state index contributed by atoms with van der Waals surface area (Å²) in [7, 11) is 0. The average molecular weight is 388 g/mol. The molecule has 0 unspecified atom stereocenters. The molecular formula is C17H15ClFN7O. The Morgan fingerprint density at radius 1 is 1.07 bits per heavy atom. The summed E-state index contributed by atoms with van der Waals surface area (Å²) in [6.07, 6.45) is 4.45. The molecule has 8 nitrogen and oxygen atoms in total. The highest BCUT2D eigenvalue weighted by Crippen LogP contribution is 2.22. The van der Waals surface area contributed by atoms with Gasteiger partial charge in [0.25, 0.3) is 5.91 Å². The van der Waals surface area contributed by atoms with Crippen molar-refractivity contribution >= 4 is 23.3 Å². The fourth-order valence-electron chi connectivity index (χ4n) is 2.96. The van der Waals surface area contributed by atoms with Crippen molar-refractivity contribution in [2.75, 3.05) is 31.1 Å². The molecular weight excluding hydrogens is 373 g/mol. The molecule has 0 N–H and O–H groups in total. The minimum absolute atomic E-state index is 0.0804. The summed E-state index contributed by atoms with van der Waals surface area (Å²) in [5.41, 5.74) is -0.0804. The smallest absolute Gasteiger partial charge is 0.258 e. The fraction of sp³-hybridized carbons (Fsp3) is 0.235. The molecule has 1 fully saturated rings. The van der Waals surface area contributed by atoms with E-state index in [0.717, 1.165) is 5.82 Å². The molecule has 0 saturated carbocycles. The van der Waals surface area contributed by atoms with Gasteiger partial charge in [0, 0.05) is 32.2 Å². The van der Waals surface area contributed by atoms with E-state index in [1.54, 1.807) is 22.0 Å². The van der Waals surface area contributed by atoms with E-state index in [0.29, 0.717) is 32.0 Å². The Hall–Kier alpha value is -3.07. The molecule has 1 aliphatic rings. The van der Waals surface area contributed by atoms with E-state index >= 15 is 0 Å². The second-order valence-corrected chi connectivity index (χ2v) is 6.36. The van der Waals surface area contributed by atoms with Crippen LogP contribution in [0, 0.1) is 5.82 Å². The third kappa shape index (κ3) is 3.45. The van der Waals surface area contributed by atoms with Gasteiger partial charge in [0.1, 0.15) is 30.6 Å². The van der Waals surface area contributed by atoms with Gasteiger partial charge in [-0.25, -0.2) is 24.0 Å². The van der Waals surface area contributed by atoms with Crippen LogP contribution in [0.25, 0.3) is 5.82 Å². The lowest BCUT2D eigenvalue weighted by Crippen LogP contribution is -2.49. The number of carbonyl (C=O) groups is 1. The zero-order chi connectivity index (χ0) is 18.8. The van der Waals surface area contributed by atoms with Crippen molar-refractivity contribution in [1.82, 2.24) is 29.6 Å². The Balaban J connectivity index is 1.47. The normalized spacial score (nSPS) is 14.4. The van der Waals surface area contributed by atoms with Gasteiger partial charge < -0.3 is 9.80 Å². The summed E-state index contributed by atoms with van der Waals surface area (Å²) < 4.78 is 15.6. The average Bonchev–Trinajstić information content (AvgIpc) is 3.23. The number of nitrogens with zero attached hydrogens (tertiary/aromatic N) is 7. The van der Waals surface area contributed by atoms with Crippen LogP contribution in [0.3, 0.4) is 0 Å². The van der Waals surface area contributed by atoms with E-state index in [4.69, 9.17) is 11.6 Å². The molecule has 3 heterocycles. The van der Waals surface area contributed by atoms with Crippen molar-refractivity contribution in [3.8, 4) is 5.82 Å². The summed E-state index contributed by atoms with van der Waals surface area (Å²) >= 11 is 6.01. The third-order valence-corrected chi connectivity index (χ3v) is 4.67. The van der Waals surface area contributed by atoms with E-state index in [9.17, 15) is 9.18 Å². The summed E-state index contributed by atoms with van der Waals surface area (Å²) in [5, 5.41) is 4.17. The molecule has 27 heavy (non-hydrogen) atoms. The van der Waals surface area contributed by atoms with Crippen LogP contribution in [0.15, 0.2) is 43.2 Å². The molecule has 0 aliphatic carbocycles. The summed E-state index contributed by atoms with van der Waals surface area (Å²) in [6, 6.07) is 6.04. The molecule has 0 spiro atoms. The monoisotopic (exact) mass is 387 g/mol. The standard InChI is InChI=1S/C17H15ClFN7O/c18-12-2-1-3-13(19)16(12)17(27)25-6-4-24(5-7-25)14-8-15(22-10-21-14)26-11-20-9-23-26/h1-3,8-11H,4-7H2. The molecule has 0 atom stereocenters. The van der Waals surface area contributed by atoms with E-state index in [1.165, 1.54) is 30.9 Å². The van der Waals surface area contributed by atoms with Crippen molar-refractivity contribution in [3.05, 3.63) is 59.7 Å². The number of aromatic nitrogens is 5. The molecule has 1 saturated heterocycles. The number of benzene rings is 1. The molecule has 1 aromatic carbocycles. The predicted molar refractivity (Wildman–Crippen MR) is 96.5 cm³/mol. The minimum atomic E-state index is -0.608. The highest BCUT2D eigenvalue weighted by molar-refractivity contribution is 6.33. The zero-order valence-electron chi connectivity index (χ0n) is 14.2. The molecule has 1 amide bonds. The number of hydrogen-bond donors (Lipinski definition) is 0. The Morgan fingerprint density at radius 2 is 1.85 bits per heavy atom. The maximum Gasteiger partial charge on any atom is 0.258 e. The molecule has 10 heteroatoms. The van der Waals surface area contributed by atoms with Crippen LogP contribution in [0.4, 0.5) is 10.2 Å². The lowest BCUT2D eigenvalue weighted by atomic mass is 10.1. The zero-order valence-corrected chi connectivity index (χ0v) is 14.9.